The van der Waals surface area contributed by atoms with Gasteiger partial charge in [-0.15, -0.1) is 0 Å². The number of rotatable bonds is 9. The van der Waals surface area contributed by atoms with E-state index in [1.54, 1.807) is 0 Å². The number of ether oxygens (including phenoxy) is 1. The Hall–Kier alpha value is 0.412. The molecule has 2 rings (SSSR count). The van der Waals surface area contributed by atoms with Gasteiger partial charge in [-0.25, -0.2) is 0 Å². The van der Waals surface area contributed by atoms with Crippen molar-refractivity contribution in [2.24, 2.45) is 5.92 Å². The van der Waals surface area contributed by atoms with Gasteiger partial charge in [0.2, 0.25) is 0 Å². The molecule has 1 aliphatic carbocycles. The lowest BCUT2D eigenvalue weighted by atomic mass is 9.88. The van der Waals surface area contributed by atoms with Crippen molar-refractivity contribution in [2.45, 2.75) is 69.9 Å². The number of fused-ring (bicyclic) bond motifs is 1. The van der Waals surface area contributed by atoms with Crippen molar-refractivity contribution in [3.63, 3.8) is 0 Å². The van der Waals surface area contributed by atoms with E-state index in [0.29, 0.717) is 12.2 Å². The molecule has 1 heterocycles. The second-order valence-electron chi connectivity index (χ2n) is 5.64. The van der Waals surface area contributed by atoms with E-state index in [4.69, 9.17) is 12.3 Å². The van der Waals surface area contributed by atoms with Crippen molar-refractivity contribution < 1.29 is 12.3 Å². The van der Waals surface area contributed by atoms with Crippen molar-refractivity contribution in [1.82, 2.24) is 0 Å². The van der Waals surface area contributed by atoms with Crippen LogP contribution >= 0.6 is 0 Å². The van der Waals surface area contributed by atoms with Crippen LogP contribution in [0.1, 0.15) is 52.4 Å². The van der Waals surface area contributed by atoms with Crippen LogP contribution in [0.25, 0.3) is 0 Å². The zero-order chi connectivity index (χ0) is 12.8. The molecular weight excluding hydrogens is 243 g/mol. The standard InChI is InChI=1S/C8H13O.2C3H7O.Al/c1-2-6-3-4-7-8(5-6)9-7;2*1-2-3-4;/h6-8H,1-5H2;2*2-3H2,1H3;/q;2*-1;+2. The van der Waals surface area contributed by atoms with Gasteiger partial charge in [-0.3, -0.25) is 0 Å². The molecule has 0 amide bonds. The molecule has 0 aromatic carbocycles. The van der Waals surface area contributed by atoms with Crippen LogP contribution in [0.5, 0.6) is 0 Å². The maximum absolute atomic E-state index is 5.91. The van der Waals surface area contributed by atoms with E-state index < -0.39 is 14.8 Å². The fourth-order valence-electron chi connectivity index (χ4n) is 2.83. The first-order chi connectivity index (χ1) is 8.83. The molecule has 0 spiro atoms. The van der Waals surface area contributed by atoms with Crippen LogP contribution in [0.2, 0.25) is 5.28 Å². The molecule has 0 N–H and O–H groups in total. The third-order valence-electron chi connectivity index (χ3n) is 3.94. The van der Waals surface area contributed by atoms with Crippen LogP contribution in [0.4, 0.5) is 0 Å². The fourth-order valence-corrected chi connectivity index (χ4v) is 5.00. The molecule has 1 saturated carbocycles. The predicted molar refractivity (Wildman–Crippen MR) is 73.7 cm³/mol. The molecule has 1 saturated heterocycles. The third-order valence-corrected chi connectivity index (χ3v) is 5.96. The van der Waals surface area contributed by atoms with Crippen molar-refractivity contribution in [1.29, 1.82) is 0 Å². The number of epoxide rings is 1. The molecular formula is C14H27AlO3. The highest BCUT2D eigenvalue weighted by atomic mass is 27.2. The zero-order valence-corrected chi connectivity index (χ0v) is 13.1. The molecule has 0 aromatic heterocycles. The van der Waals surface area contributed by atoms with Gasteiger partial charge in [0.15, 0.2) is 0 Å². The summed E-state index contributed by atoms with van der Waals surface area (Å²) in [6.45, 7) is 6.08. The van der Waals surface area contributed by atoms with E-state index in [-0.39, 0.29) is 0 Å². The van der Waals surface area contributed by atoms with Gasteiger partial charge in [-0.2, -0.15) is 0 Å². The maximum atomic E-state index is 5.91. The van der Waals surface area contributed by atoms with Crippen LogP contribution < -0.4 is 0 Å². The van der Waals surface area contributed by atoms with Crippen LogP contribution in [0.3, 0.4) is 0 Å². The second kappa shape index (κ2) is 7.87. The summed E-state index contributed by atoms with van der Waals surface area (Å²) in [6, 6.07) is 0. The monoisotopic (exact) mass is 270 g/mol. The molecule has 1 aliphatic heterocycles. The van der Waals surface area contributed by atoms with Crippen molar-refractivity contribution in [3.05, 3.63) is 0 Å². The second-order valence-corrected chi connectivity index (χ2v) is 7.74. The van der Waals surface area contributed by atoms with Gasteiger partial charge < -0.3 is 12.3 Å². The first-order valence-corrected chi connectivity index (χ1v) is 9.48. The van der Waals surface area contributed by atoms with Gasteiger partial charge in [0.1, 0.15) is 0 Å². The highest BCUT2D eigenvalue weighted by Crippen LogP contribution is 2.41. The predicted octanol–water partition coefficient (Wildman–Crippen LogP) is 3.29. The van der Waals surface area contributed by atoms with Crippen LogP contribution in [-0.2, 0) is 12.3 Å². The quantitative estimate of drug-likeness (QED) is 0.476. The summed E-state index contributed by atoms with van der Waals surface area (Å²) in [5.74, 6) is 0.860. The zero-order valence-electron chi connectivity index (χ0n) is 11.9. The lowest BCUT2D eigenvalue weighted by Crippen LogP contribution is -2.25. The van der Waals surface area contributed by atoms with Crippen molar-refractivity contribution in [3.8, 4) is 0 Å². The van der Waals surface area contributed by atoms with Crippen LogP contribution in [0, 0.1) is 5.92 Å². The van der Waals surface area contributed by atoms with E-state index in [2.05, 4.69) is 13.8 Å². The summed E-state index contributed by atoms with van der Waals surface area (Å²) in [4.78, 5) is 0. The molecule has 0 aromatic rings. The molecule has 3 unspecified atom stereocenters. The van der Waals surface area contributed by atoms with Gasteiger partial charge in [-0.05, 0) is 43.3 Å². The minimum absolute atomic E-state index is 0.608. The summed E-state index contributed by atoms with van der Waals surface area (Å²) >= 11 is -1.39. The normalized spacial score (nSPS) is 30.0. The van der Waals surface area contributed by atoms with Gasteiger partial charge in [0, 0.05) is 13.2 Å². The minimum Gasteiger partial charge on any atom is -0.478 e. The van der Waals surface area contributed by atoms with E-state index in [1.165, 1.54) is 31.0 Å². The third kappa shape index (κ3) is 4.83. The van der Waals surface area contributed by atoms with Gasteiger partial charge in [-0.1, -0.05) is 20.3 Å². The summed E-state index contributed by atoms with van der Waals surface area (Å²) < 4.78 is 17.4. The van der Waals surface area contributed by atoms with Gasteiger partial charge >= 0.3 is 14.8 Å². The van der Waals surface area contributed by atoms with Crippen molar-refractivity contribution >= 4 is 14.8 Å². The topological polar surface area (TPSA) is 31.0 Å². The first kappa shape index (κ1) is 14.8. The Bertz CT molecular complexity index is 229. The summed E-state index contributed by atoms with van der Waals surface area (Å²) in [5.41, 5.74) is 0. The molecule has 3 atom stereocenters. The van der Waals surface area contributed by atoms with Crippen molar-refractivity contribution in [2.75, 3.05) is 13.2 Å². The Kier molecular flexibility index (Phi) is 6.48. The molecule has 104 valence electrons. The highest BCUT2D eigenvalue weighted by Gasteiger charge is 2.44. The van der Waals surface area contributed by atoms with E-state index in [0.717, 1.165) is 32.0 Å². The molecule has 0 bridgehead atoms. The Morgan fingerprint density at radius 3 is 2.39 bits per heavy atom. The van der Waals surface area contributed by atoms with Gasteiger partial charge in [0.05, 0.1) is 12.2 Å². The van der Waals surface area contributed by atoms with E-state index >= 15 is 0 Å². The van der Waals surface area contributed by atoms with Crippen LogP contribution in [0.15, 0.2) is 0 Å². The first-order valence-electron chi connectivity index (χ1n) is 7.72. The minimum atomic E-state index is -1.39. The van der Waals surface area contributed by atoms with Gasteiger partial charge in [0.25, 0.3) is 0 Å². The Labute approximate surface area is 116 Å². The summed E-state index contributed by atoms with van der Waals surface area (Å²) in [7, 11) is 0. The lowest BCUT2D eigenvalue weighted by Gasteiger charge is -2.20. The smallest absolute Gasteiger partial charge is 0.478 e. The molecule has 18 heavy (non-hydrogen) atoms. The largest absolute Gasteiger partial charge is 0.674 e. The SMILES string of the molecule is CCC[O][Al]([CH2]CC1CCC2OC2C1)[O]CCC. The molecule has 2 fully saturated rings. The lowest BCUT2D eigenvalue weighted by molar-refractivity contribution is 0.193. The average molecular weight is 270 g/mol. The Morgan fingerprint density at radius 2 is 1.78 bits per heavy atom. The molecule has 0 radical (unpaired) electrons. The average Bonchev–Trinajstić information content (AvgIpc) is 3.16. The Morgan fingerprint density at radius 1 is 1.06 bits per heavy atom. The van der Waals surface area contributed by atoms with E-state index in [9.17, 15) is 0 Å². The summed E-state index contributed by atoms with van der Waals surface area (Å²) in [5, 5.41) is 1.18. The number of hydrogen-bond acceptors (Lipinski definition) is 3. The van der Waals surface area contributed by atoms with E-state index in [1.807, 2.05) is 0 Å². The molecule has 4 heteroatoms. The fraction of sp³-hybridized carbons (Fsp3) is 1.00. The highest BCUT2D eigenvalue weighted by molar-refractivity contribution is 6.44. The summed E-state index contributed by atoms with van der Waals surface area (Å²) in [6.07, 6.45) is 8.64. The maximum Gasteiger partial charge on any atom is 0.674 e. The molecule has 2 aliphatic rings. The Balaban J connectivity index is 1.63. The van der Waals surface area contributed by atoms with Crippen LogP contribution in [-0.4, -0.2) is 40.2 Å². The number of hydrogen-bond donors (Lipinski definition) is 0. The molecule has 3 nitrogen and oxygen atoms in total.